The lowest BCUT2D eigenvalue weighted by molar-refractivity contribution is 0.288. The molecule has 0 saturated carbocycles. The number of rotatable bonds is 4. The Kier molecular flexibility index (Phi) is 4.57. The molecule has 0 saturated heterocycles. The number of benzene rings is 1. The van der Waals surface area contributed by atoms with Gasteiger partial charge in [-0.2, -0.15) is 4.39 Å². The van der Waals surface area contributed by atoms with Crippen LogP contribution in [0.5, 0.6) is 5.75 Å². The lowest BCUT2D eigenvalue weighted by Crippen LogP contribution is -2.01. The Balaban J connectivity index is 2.73. The SMILES string of the molecule is CCCCOc1ccc(I)c(F)c1F. The zero-order chi connectivity index (χ0) is 10.6. The van der Waals surface area contributed by atoms with E-state index in [1.165, 1.54) is 12.1 Å². The highest BCUT2D eigenvalue weighted by Gasteiger charge is 2.12. The van der Waals surface area contributed by atoms with Crippen molar-refractivity contribution in [3.63, 3.8) is 0 Å². The van der Waals surface area contributed by atoms with E-state index in [-0.39, 0.29) is 9.32 Å². The molecule has 0 aromatic heterocycles. The molecule has 0 aliphatic carbocycles. The summed E-state index contributed by atoms with van der Waals surface area (Å²) in [5.74, 6) is -1.73. The molecule has 1 nitrogen and oxygen atoms in total. The average Bonchev–Trinajstić information content (AvgIpc) is 2.18. The maximum absolute atomic E-state index is 13.2. The fraction of sp³-hybridized carbons (Fsp3) is 0.400. The Labute approximate surface area is 95.6 Å². The van der Waals surface area contributed by atoms with E-state index < -0.39 is 11.6 Å². The second-order valence-corrected chi connectivity index (χ2v) is 4.04. The van der Waals surface area contributed by atoms with E-state index in [9.17, 15) is 8.78 Å². The molecule has 78 valence electrons. The minimum absolute atomic E-state index is 0.00336. The third kappa shape index (κ3) is 2.80. The highest BCUT2D eigenvalue weighted by molar-refractivity contribution is 14.1. The molecular weight excluding hydrogens is 301 g/mol. The van der Waals surface area contributed by atoms with Gasteiger partial charge in [-0.15, -0.1) is 0 Å². The van der Waals surface area contributed by atoms with Crippen molar-refractivity contribution in [1.82, 2.24) is 0 Å². The van der Waals surface area contributed by atoms with Crippen LogP contribution in [0.4, 0.5) is 8.78 Å². The fourth-order valence-corrected chi connectivity index (χ4v) is 1.36. The van der Waals surface area contributed by atoms with Crippen molar-refractivity contribution in [1.29, 1.82) is 0 Å². The van der Waals surface area contributed by atoms with Crippen LogP contribution in [0.25, 0.3) is 0 Å². The highest BCUT2D eigenvalue weighted by Crippen LogP contribution is 2.23. The monoisotopic (exact) mass is 312 g/mol. The number of ether oxygens (including phenoxy) is 1. The summed E-state index contributed by atoms with van der Waals surface area (Å²) in [7, 11) is 0. The summed E-state index contributed by atoms with van der Waals surface area (Å²) in [5.41, 5.74) is 0. The summed E-state index contributed by atoms with van der Waals surface area (Å²) in [4.78, 5) is 0. The summed E-state index contributed by atoms with van der Waals surface area (Å²) in [6.45, 7) is 2.43. The Morgan fingerprint density at radius 1 is 1.29 bits per heavy atom. The van der Waals surface area contributed by atoms with E-state index in [4.69, 9.17) is 4.74 Å². The smallest absolute Gasteiger partial charge is 0.201 e. The van der Waals surface area contributed by atoms with Crippen molar-refractivity contribution in [3.05, 3.63) is 27.3 Å². The third-order valence-electron chi connectivity index (χ3n) is 1.76. The van der Waals surface area contributed by atoms with Gasteiger partial charge in [-0.3, -0.25) is 0 Å². The van der Waals surface area contributed by atoms with Crippen LogP contribution in [0.1, 0.15) is 19.8 Å². The van der Waals surface area contributed by atoms with Crippen molar-refractivity contribution in [2.45, 2.75) is 19.8 Å². The first-order valence-corrected chi connectivity index (χ1v) is 5.51. The molecule has 0 bridgehead atoms. The maximum atomic E-state index is 13.2. The van der Waals surface area contributed by atoms with Crippen LogP contribution in [0.15, 0.2) is 12.1 Å². The van der Waals surface area contributed by atoms with Crippen molar-refractivity contribution in [3.8, 4) is 5.75 Å². The Morgan fingerprint density at radius 2 is 2.00 bits per heavy atom. The maximum Gasteiger partial charge on any atom is 0.201 e. The normalized spacial score (nSPS) is 10.3. The quantitative estimate of drug-likeness (QED) is 0.467. The molecule has 0 aliphatic rings. The minimum Gasteiger partial charge on any atom is -0.490 e. The summed E-state index contributed by atoms with van der Waals surface area (Å²) in [6.07, 6.45) is 1.81. The number of hydrogen-bond donors (Lipinski definition) is 0. The molecule has 0 atom stereocenters. The fourth-order valence-electron chi connectivity index (χ4n) is 0.946. The van der Waals surface area contributed by atoms with E-state index in [0.717, 1.165) is 12.8 Å². The zero-order valence-corrected chi connectivity index (χ0v) is 9.98. The van der Waals surface area contributed by atoms with E-state index in [1.807, 2.05) is 6.92 Å². The van der Waals surface area contributed by atoms with Gasteiger partial charge in [0.25, 0.3) is 0 Å². The van der Waals surface area contributed by atoms with Crippen molar-refractivity contribution >= 4 is 22.6 Å². The summed E-state index contributed by atoms with van der Waals surface area (Å²) >= 11 is 1.74. The first-order valence-electron chi connectivity index (χ1n) is 4.43. The van der Waals surface area contributed by atoms with Crippen molar-refractivity contribution in [2.24, 2.45) is 0 Å². The second-order valence-electron chi connectivity index (χ2n) is 2.88. The van der Waals surface area contributed by atoms with E-state index in [2.05, 4.69) is 0 Å². The van der Waals surface area contributed by atoms with Gasteiger partial charge >= 0.3 is 0 Å². The van der Waals surface area contributed by atoms with Gasteiger partial charge < -0.3 is 4.74 Å². The third-order valence-corrected chi connectivity index (χ3v) is 2.59. The molecule has 0 fully saturated rings. The lowest BCUT2D eigenvalue weighted by Gasteiger charge is -2.07. The molecule has 0 heterocycles. The van der Waals surface area contributed by atoms with Gasteiger partial charge in [-0.25, -0.2) is 4.39 Å². The van der Waals surface area contributed by atoms with Crippen LogP contribution in [0, 0.1) is 15.2 Å². The molecule has 0 aliphatic heterocycles. The molecule has 0 amide bonds. The Morgan fingerprint density at radius 3 is 2.64 bits per heavy atom. The molecule has 1 aromatic carbocycles. The largest absolute Gasteiger partial charge is 0.490 e. The van der Waals surface area contributed by atoms with E-state index in [1.54, 1.807) is 22.6 Å². The van der Waals surface area contributed by atoms with Gasteiger partial charge in [0, 0.05) is 0 Å². The van der Waals surface area contributed by atoms with E-state index in [0.29, 0.717) is 6.61 Å². The van der Waals surface area contributed by atoms with Crippen LogP contribution in [0.2, 0.25) is 0 Å². The summed E-state index contributed by atoms with van der Waals surface area (Å²) in [5, 5.41) is 0. The summed E-state index contributed by atoms with van der Waals surface area (Å²) < 4.78 is 31.6. The van der Waals surface area contributed by atoms with Gasteiger partial charge in [0.05, 0.1) is 10.2 Å². The number of halogens is 3. The average molecular weight is 312 g/mol. The van der Waals surface area contributed by atoms with Crippen LogP contribution >= 0.6 is 22.6 Å². The highest BCUT2D eigenvalue weighted by atomic mass is 127. The molecule has 0 N–H and O–H groups in total. The molecule has 4 heteroatoms. The molecule has 0 radical (unpaired) electrons. The van der Waals surface area contributed by atoms with Gasteiger partial charge in [-0.1, -0.05) is 13.3 Å². The lowest BCUT2D eigenvalue weighted by atomic mass is 10.3. The molecular formula is C10H11F2IO. The number of hydrogen-bond acceptors (Lipinski definition) is 1. The van der Waals surface area contributed by atoms with Crippen LogP contribution in [-0.4, -0.2) is 6.61 Å². The van der Waals surface area contributed by atoms with Crippen molar-refractivity contribution < 1.29 is 13.5 Å². The van der Waals surface area contributed by atoms with Gasteiger partial charge in [0.15, 0.2) is 11.6 Å². The van der Waals surface area contributed by atoms with Crippen LogP contribution < -0.4 is 4.74 Å². The molecule has 1 rings (SSSR count). The van der Waals surface area contributed by atoms with Gasteiger partial charge in [-0.05, 0) is 41.1 Å². The van der Waals surface area contributed by atoms with E-state index >= 15 is 0 Å². The van der Waals surface area contributed by atoms with Crippen molar-refractivity contribution in [2.75, 3.05) is 6.61 Å². The van der Waals surface area contributed by atoms with Crippen LogP contribution in [-0.2, 0) is 0 Å². The standard InChI is InChI=1S/C10H11F2IO/c1-2-3-6-14-8-5-4-7(13)9(11)10(8)12/h4-5H,2-3,6H2,1H3. The molecule has 0 spiro atoms. The molecule has 14 heavy (non-hydrogen) atoms. The predicted octanol–water partition coefficient (Wildman–Crippen LogP) is 3.75. The minimum atomic E-state index is -0.895. The van der Waals surface area contributed by atoms with Crippen LogP contribution in [0.3, 0.4) is 0 Å². The first kappa shape index (κ1) is 11.7. The van der Waals surface area contributed by atoms with Gasteiger partial charge in [0.2, 0.25) is 5.82 Å². The topological polar surface area (TPSA) is 9.23 Å². The Bertz CT molecular complexity index is 315. The molecule has 1 aromatic rings. The number of unbranched alkanes of at least 4 members (excludes halogenated alkanes) is 1. The zero-order valence-electron chi connectivity index (χ0n) is 7.82. The Hall–Kier alpha value is -0.390. The first-order chi connectivity index (χ1) is 6.66. The second kappa shape index (κ2) is 5.48. The summed E-state index contributed by atoms with van der Waals surface area (Å²) in [6, 6.07) is 2.95. The molecule has 0 unspecified atom stereocenters. The predicted molar refractivity (Wildman–Crippen MR) is 59.5 cm³/mol. The van der Waals surface area contributed by atoms with Gasteiger partial charge in [0.1, 0.15) is 0 Å².